The summed E-state index contributed by atoms with van der Waals surface area (Å²) in [5.74, 6) is 0.899. The molecule has 0 saturated carbocycles. The summed E-state index contributed by atoms with van der Waals surface area (Å²) in [6, 6.07) is 16.9. The molecule has 0 atom stereocenters. The Morgan fingerprint density at radius 1 is 0.931 bits per heavy atom. The molecule has 152 valence electrons. The van der Waals surface area contributed by atoms with Gasteiger partial charge in [-0.15, -0.1) is 0 Å². The van der Waals surface area contributed by atoms with Crippen LogP contribution in [0.1, 0.15) is 11.9 Å². The predicted octanol–water partition coefficient (Wildman–Crippen LogP) is 3.84. The molecule has 0 aliphatic carbocycles. The zero-order valence-corrected chi connectivity index (χ0v) is 18.0. The second-order valence-corrected chi connectivity index (χ2v) is 8.18. The van der Waals surface area contributed by atoms with Crippen molar-refractivity contribution in [2.45, 2.75) is 20.4 Å². The van der Waals surface area contributed by atoms with Gasteiger partial charge in [0.1, 0.15) is 10.8 Å². The van der Waals surface area contributed by atoms with Crippen molar-refractivity contribution in [3.05, 3.63) is 58.3 Å². The highest BCUT2D eigenvalue weighted by Gasteiger charge is 2.17. The fourth-order valence-electron chi connectivity index (χ4n) is 3.57. The SMILES string of the molecule is CCn1nc(C)s/c1=N\c1ccc(N2CCN(c3ccc(OC)cc3)CC2)cc1. The molecule has 2 heterocycles. The molecular weight excluding hydrogens is 382 g/mol. The summed E-state index contributed by atoms with van der Waals surface area (Å²) in [5, 5.41) is 5.52. The van der Waals surface area contributed by atoms with Crippen LogP contribution in [-0.2, 0) is 6.54 Å². The van der Waals surface area contributed by atoms with Gasteiger partial charge >= 0.3 is 0 Å². The Kier molecular flexibility index (Phi) is 5.85. The van der Waals surface area contributed by atoms with Crippen LogP contribution in [0, 0.1) is 6.92 Å². The van der Waals surface area contributed by atoms with Gasteiger partial charge in [-0.2, -0.15) is 5.10 Å². The highest BCUT2D eigenvalue weighted by molar-refractivity contribution is 7.08. The third-order valence-corrected chi connectivity index (χ3v) is 6.04. The van der Waals surface area contributed by atoms with Crippen molar-refractivity contribution >= 4 is 28.4 Å². The predicted molar refractivity (Wildman–Crippen MR) is 120 cm³/mol. The Morgan fingerprint density at radius 3 is 2.00 bits per heavy atom. The number of aryl methyl sites for hydroxylation is 2. The third-order valence-electron chi connectivity index (χ3n) is 5.18. The van der Waals surface area contributed by atoms with E-state index >= 15 is 0 Å². The van der Waals surface area contributed by atoms with E-state index in [-0.39, 0.29) is 0 Å². The topological polar surface area (TPSA) is 45.9 Å². The normalized spacial score (nSPS) is 15.1. The second kappa shape index (κ2) is 8.69. The van der Waals surface area contributed by atoms with E-state index in [1.807, 2.05) is 23.7 Å². The van der Waals surface area contributed by atoms with E-state index < -0.39 is 0 Å². The quantitative estimate of drug-likeness (QED) is 0.642. The van der Waals surface area contributed by atoms with Crippen molar-refractivity contribution in [1.29, 1.82) is 0 Å². The molecular formula is C22H27N5OS. The monoisotopic (exact) mass is 409 g/mol. The zero-order valence-electron chi connectivity index (χ0n) is 17.2. The van der Waals surface area contributed by atoms with Crippen LogP contribution in [0.15, 0.2) is 53.5 Å². The van der Waals surface area contributed by atoms with E-state index in [1.165, 1.54) is 11.4 Å². The molecule has 3 aromatic rings. The summed E-state index contributed by atoms with van der Waals surface area (Å²) in [4.78, 5) is 10.6. The lowest BCUT2D eigenvalue weighted by atomic mass is 10.2. The molecule has 1 aliphatic heterocycles. The number of aromatic nitrogens is 2. The minimum Gasteiger partial charge on any atom is -0.497 e. The minimum atomic E-state index is 0.833. The van der Waals surface area contributed by atoms with Gasteiger partial charge in [-0.05, 0) is 62.4 Å². The Balaban J connectivity index is 1.41. The van der Waals surface area contributed by atoms with Crippen molar-refractivity contribution in [2.24, 2.45) is 4.99 Å². The molecule has 0 amide bonds. The van der Waals surface area contributed by atoms with Gasteiger partial charge in [0.05, 0.1) is 12.8 Å². The maximum atomic E-state index is 5.25. The fourth-order valence-corrected chi connectivity index (χ4v) is 4.40. The molecule has 1 saturated heterocycles. The molecule has 4 rings (SSSR count). The molecule has 0 bridgehead atoms. The van der Waals surface area contributed by atoms with Crippen LogP contribution in [0.2, 0.25) is 0 Å². The highest BCUT2D eigenvalue weighted by atomic mass is 32.1. The van der Waals surface area contributed by atoms with E-state index in [2.05, 4.69) is 58.2 Å². The number of rotatable bonds is 5. The number of anilines is 2. The second-order valence-electron chi connectivity index (χ2n) is 7.02. The van der Waals surface area contributed by atoms with Gasteiger partial charge in [-0.1, -0.05) is 11.3 Å². The average molecular weight is 410 g/mol. The van der Waals surface area contributed by atoms with Crippen molar-refractivity contribution in [2.75, 3.05) is 43.1 Å². The summed E-state index contributed by atoms with van der Waals surface area (Å²) in [5.41, 5.74) is 3.47. The Labute approximate surface area is 175 Å². The summed E-state index contributed by atoms with van der Waals surface area (Å²) >= 11 is 1.63. The number of hydrogen-bond acceptors (Lipinski definition) is 6. The molecule has 29 heavy (non-hydrogen) atoms. The van der Waals surface area contributed by atoms with Crippen LogP contribution in [0.25, 0.3) is 0 Å². The maximum absolute atomic E-state index is 5.25. The summed E-state index contributed by atoms with van der Waals surface area (Å²) in [6.07, 6.45) is 0. The van der Waals surface area contributed by atoms with Crippen LogP contribution in [0.5, 0.6) is 5.75 Å². The van der Waals surface area contributed by atoms with Crippen LogP contribution in [0.3, 0.4) is 0 Å². The maximum Gasteiger partial charge on any atom is 0.208 e. The Bertz CT molecular complexity index is 999. The molecule has 0 unspecified atom stereocenters. The van der Waals surface area contributed by atoms with E-state index in [0.717, 1.165) is 54.0 Å². The molecule has 2 aromatic carbocycles. The molecule has 7 heteroatoms. The number of nitrogens with zero attached hydrogens (tertiary/aromatic N) is 5. The molecule has 1 fully saturated rings. The third kappa shape index (κ3) is 4.45. The first-order chi connectivity index (χ1) is 14.2. The van der Waals surface area contributed by atoms with Crippen LogP contribution < -0.4 is 19.3 Å². The van der Waals surface area contributed by atoms with Crippen molar-refractivity contribution in [3.8, 4) is 5.75 Å². The smallest absolute Gasteiger partial charge is 0.208 e. The van der Waals surface area contributed by atoms with Gasteiger partial charge in [-0.25, -0.2) is 9.67 Å². The number of hydrogen-bond donors (Lipinski definition) is 0. The molecule has 0 spiro atoms. The van der Waals surface area contributed by atoms with Crippen LogP contribution >= 0.6 is 11.3 Å². The van der Waals surface area contributed by atoms with Gasteiger partial charge in [0.15, 0.2) is 0 Å². The van der Waals surface area contributed by atoms with Gasteiger partial charge in [0.2, 0.25) is 4.80 Å². The first-order valence-electron chi connectivity index (χ1n) is 9.99. The molecule has 6 nitrogen and oxygen atoms in total. The first-order valence-corrected chi connectivity index (χ1v) is 10.8. The highest BCUT2D eigenvalue weighted by Crippen LogP contribution is 2.24. The van der Waals surface area contributed by atoms with E-state index in [4.69, 9.17) is 9.73 Å². The summed E-state index contributed by atoms with van der Waals surface area (Å²) in [6.45, 7) is 8.97. The summed E-state index contributed by atoms with van der Waals surface area (Å²) in [7, 11) is 1.70. The van der Waals surface area contributed by atoms with E-state index in [0.29, 0.717) is 0 Å². The van der Waals surface area contributed by atoms with Crippen LogP contribution in [-0.4, -0.2) is 43.1 Å². The number of piperazine rings is 1. The Hall–Kier alpha value is -2.80. The fraction of sp³-hybridized carbons (Fsp3) is 0.364. The van der Waals surface area contributed by atoms with Crippen molar-refractivity contribution in [3.63, 3.8) is 0 Å². The van der Waals surface area contributed by atoms with Gasteiger partial charge < -0.3 is 14.5 Å². The van der Waals surface area contributed by atoms with Gasteiger partial charge in [0.25, 0.3) is 0 Å². The van der Waals surface area contributed by atoms with E-state index in [1.54, 1.807) is 18.4 Å². The molecule has 1 aliphatic rings. The molecule has 1 aromatic heterocycles. The minimum absolute atomic E-state index is 0.833. The van der Waals surface area contributed by atoms with Crippen molar-refractivity contribution in [1.82, 2.24) is 9.78 Å². The lowest BCUT2D eigenvalue weighted by Crippen LogP contribution is -2.46. The van der Waals surface area contributed by atoms with Gasteiger partial charge in [0, 0.05) is 44.1 Å². The summed E-state index contributed by atoms with van der Waals surface area (Å²) < 4.78 is 7.20. The van der Waals surface area contributed by atoms with Crippen molar-refractivity contribution < 1.29 is 4.74 Å². The Morgan fingerprint density at radius 2 is 1.48 bits per heavy atom. The lowest BCUT2D eigenvalue weighted by molar-refractivity contribution is 0.415. The largest absolute Gasteiger partial charge is 0.497 e. The molecule has 0 radical (unpaired) electrons. The lowest BCUT2D eigenvalue weighted by Gasteiger charge is -2.37. The zero-order chi connectivity index (χ0) is 20.2. The standard InChI is InChI=1S/C22H27N5OS/c1-4-27-22(29-17(2)24-27)23-18-5-7-19(8-6-18)25-13-15-26(16-14-25)20-9-11-21(28-3)12-10-20/h5-12H,4,13-16H2,1-3H3/b23-22-. The van der Waals surface area contributed by atoms with E-state index in [9.17, 15) is 0 Å². The molecule has 0 N–H and O–H groups in total. The number of ether oxygens (including phenoxy) is 1. The number of methoxy groups -OCH3 is 1. The van der Waals surface area contributed by atoms with Gasteiger partial charge in [-0.3, -0.25) is 0 Å². The first kappa shape index (κ1) is 19.5. The number of benzene rings is 2. The van der Waals surface area contributed by atoms with Crippen LogP contribution in [0.4, 0.5) is 17.1 Å². The average Bonchev–Trinajstić information content (AvgIpc) is 3.13.